The Kier molecular flexibility index (Phi) is 6.82. The van der Waals surface area contributed by atoms with Gasteiger partial charge in [-0.3, -0.25) is 4.89 Å². The van der Waals surface area contributed by atoms with Crippen LogP contribution in [0.1, 0.15) is 10.4 Å². The summed E-state index contributed by atoms with van der Waals surface area (Å²) in [5.41, 5.74) is 2.59. The van der Waals surface area contributed by atoms with E-state index in [1.165, 1.54) is 29.3 Å². The first-order chi connectivity index (χ1) is 11.6. The standard InChI is InChI=1S/C12H10.C7H4Cl2O3/c1-3-7-11(8-4-1)12-9-5-2-6-10-12;8-5-3-1-2-4(6(5)9)7(10)12-11/h1-10H;1-3,11H. The van der Waals surface area contributed by atoms with Crippen LogP contribution in [0.4, 0.5) is 0 Å². The lowest BCUT2D eigenvalue weighted by atomic mass is 10.1. The molecule has 24 heavy (non-hydrogen) atoms. The monoisotopic (exact) mass is 360 g/mol. The van der Waals surface area contributed by atoms with Gasteiger partial charge in [-0.05, 0) is 23.3 Å². The van der Waals surface area contributed by atoms with Gasteiger partial charge >= 0.3 is 5.97 Å². The number of carbonyl (C=O) groups excluding carboxylic acids is 1. The molecule has 122 valence electrons. The largest absolute Gasteiger partial charge is 0.374 e. The molecule has 3 rings (SSSR count). The Morgan fingerprint density at radius 3 is 1.71 bits per heavy atom. The summed E-state index contributed by atoms with van der Waals surface area (Å²) < 4.78 is 0. The highest BCUT2D eigenvalue weighted by atomic mass is 35.5. The first-order valence-corrected chi connectivity index (χ1v) is 7.79. The van der Waals surface area contributed by atoms with Gasteiger partial charge in [-0.2, -0.15) is 5.26 Å². The van der Waals surface area contributed by atoms with Crippen molar-refractivity contribution in [3.63, 3.8) is 0 Å². The molecule has 0 fully saturated rings. The predicted molar refractivity (Wildman–Crippen MR) is 96.4 cm³/mol. The molecule has 0 spiro atoms. The van der Waals surface area contributed by atoms with Gasteiger partial charge in [0.1, 0.15) is 0 Å². The zero-order chi connectivity index (χ0) is 17.4. The van der Waals surface area contributed by atoms with Gasteiger partial charge in [-0.1, -0.05) is 89.9 Å². The summed E-state index contributed by atoms with van der Waals surface area (Å²) in [6.07, 6.45) is 0. The van der Waals surface area contributed by atoms with Crippen LogP contribution >= 0.6 is 23.2 Å². The third-order valence-electron chi connectivity index (χ3n) is 3.14. The highest BCUT2D eigenvalue weighted by Crippen LogP contribution is 2.25. The van der Waals surface area contributed by atoms with E-state index >= 15 is 0 Å². The Hall–Kier alpha value is -2.33. The lowest BCUT2D eigenvalue weighted by Gasteiger charge is -2.00. The molecule has 5 heteroatoms. The van der Waals surface area contributed by atoms with Gasteiger partial charge in [-0.15, -0.1) is 0 Å². The van der Waals surface area contributed by atoms with E-state index in [1.54, 1.807) is 0 Å². The first-order valence-electron chi connectivity index (χ1n) is 7.03. The molecule has 0 aliphatic heterocycles. The zero-order valence-electron chi connectivity index (χ0n) is 12.5. The molecule has 0 aliphatic carbocycles. The van der Waals surface area contributed by atoms with Crippen molar-refractivity contribution >= 4 is 29.2 Å². The molecule has 0 amide bonds. The number of benzene rings is 3. The Labute approximate surface area is 150 Å². The van der Waals surface area contributed by atoms with Crippen molar-refractivity contribution < 1.29 is 14.9 Å². The average molecular weight is 361 g/mol. The smallest absolute Gasteiger partial charge is 0.295 e. The van der Waals surface area contributed by atoms with Crippen molar-refractivity contribution in [1.29, 1.82) is 0 Å². The molecular weight excluding hydrogens is 347 g/mol. The van der Waals surface area contributed by atoms with Gasteiger partial charge in [0.2, 0.25) is 0 Å². The highest BCUT2D eigenvalue weighted by molar-refractivity contribution is 6.43. The molecule has 3 nitrogen and oxygen atoms in total. The normalized spacial score (nSPS) is 9.62. The van der Waals surface area contributed by atoms with E-state index < -0.39 is 5.97 Å². The summed E-state index contributed by atoms with van der Waals surface area (Å²) >= 11 is 11.2. The topological polar surface area (TPSA) is 46.5 Å². The van der Waals surface area contributed by atoms with Crippen molar-refractivity contribution in [2.45, 2.75) is 0 Å². The summed E-state index contributed by atoms with van der Waals surface area (Å²) in [5, 5.41) is 8.36. The summed E-state index contributed by atoms with van der Waals surface area (Å²) in [5.74, 6) is -0.928. The molecule has 0 saturated carbocycles. The van der Waals surface area contributed by atoms with Crippen molar-refractivity contribution in [3.05, 3.63) is 94.5 Å². The number of halogens is 2. The van der Waals surface area contributed by atoms with Crippen molar-refractivity contribution in [3.8, 4) is 11.1 Å². The van der Waals surface area contributed by atoms with Crippen LogP contribution in [0.25, 0.3) is 11.1 Å². The molecule has 0 atom stereocenters. The molecule has 0 heterocycles. The number of carbonyl (C=O) groups is 1. The minimum absolute atomic E-state index is 0.0340. The lowest BCUT2D eigenvalue weighted by Crippen LogP contribution is -2.02. The first kappa shape index (κ1) is 18.0. The molecule has 3 aromatic carbocycles. The minimum atomic E-state index is -0.928. The Morgan fingerprint density at radius 1 is 0.750 bits per heavy atom. The van der Waals surface area contributed by atoms with E-state index in [1.807, 2.05) is 12.1 Å². The fourth-order valence-electron chi connectivity index (χ4n) is 1.97. The van der Waals surface area contributed by atoms with Crippen LogP contribution in [-0.4, -0.2) is 11.2 Å². The van der Waals surface area contributed by atoms with Crippen LogP contribution in [0.3, 0.4) is 0 Å². The van der Waals surface area contributed by atoms with E-state index in [0.717, 1.165) is 0 Å². The van der Waals surface area contributed by atoms with Gasteiger partial charge in [0.05, 0.1) is 15.6 Å². The van der Waals surface area contributed by atoms with Crippen molar-refractivity contribution in [1.82, 2.24) is 0 Å². The Morgan fingerprint density at radius 2 is 1.25 bits per heavy atom. The van der Waals surface area contributed by atoms with Crippen LogP contribution < -0.4 is 0 Å². The maximum absolute atomic E-state index is 10.8. The second kappa shape index (κ2) is 9.08. The van der Waals surface area contributed by atoms with Gasteiger partial charge in [-0.25, -0.2) is 4.79 Å². The molecule has 0 radical (unpaired) electrons. The van der Waals surface area contributed by atoms with E-state index in [2.05, 4.69) is 53.4 Å². The summed E-state index contributed by atoms with van der Waals surface area (Å²) in [6, 6.07) is 25.2. The number of hydrogen-bond acceptors (Lipinski definition) is 3. The molecule has 0 unspecified atom stereocenters. The molecule has 1 N–H and O–H groups in total. The second-order valence-corrected chi connectivity index (χ2v) is 5.50. The van der Waals surface area contributed by atoms with Crippen LogP contribution in [0.15, 0.2) is 78.9 Å². The van der Waals surface area contributed by atoms with Crippen molar-refractivity contribution in [2.75, 3.05) is 0 Å². The maximum atomic E-state index is 10.8. The van der Waals surface area contributed by atoms with Gasteiger partial charge in [0.25, 0.3) is 0 Å². The average Bonchev–Trinajstić information content (AvgIpc) is 2.65. The second-order valence-electron chi connectivity index (χ2n) is 4.71. The third-order valence-corrected chi connectivity index (χ3v) is 3.95. The van der Waals surface area contributed by atoms with Crippen LogP contribution in [0.5, 0.6) is 0 Å². The minimum Gasteiger partial charge on any atom is -0.295 e. The van der Waals surface area contributed by atoms with Gasteiger partial charge < -0.3 is 0 Å². The van der Waals surface area contributed by atoms with Crippen LogP contribution in [0, 0.1) is 0 Å². The molecular formula is C19H14Cl2O3. The molecule has 0 aromatic heterocycles. The summed E-state index contributed by atoms with van der Waals surface area (Å²) in [4.78, 5) is 14.3. The van der Waals surface area contributed by atoms with E-state index in [9.17, 15) is 4.79 Å². The fraction of sp³-hybridized carbons (Fsp3) is 0. The molecule has 0 bridgehead atoms. The lowest BCUT2D eigenvalue weighted by molar-refractivity contribution is -0.182. The fourth-order valence-corrected chi connectivity index (χ4v) is 2.35. The van der Waals surface area contributed by atoms with E-state index in [4.69, 9.17) is 28.5 Å². The summed E-state index contributed by atoms with van der Waals surface area (Å²) in [6.45, 7) is 0. The Balaban J connectivity index is 0.000000174. The number of rotatable bonds is 2. The quantitative estimate of drug-likeness (QED) is 0.451. The SMILES string of the molecule is O=C(OO)c1cccc(Cl)c1Cl.c1ccc(-c2ccccc2)cc1. The number of hydrogen-bond donors (Lipinski definition) is 1. The maximum Gasteiger partial charge on any atom is 0.374 e. The van der Waals surface area contributed by atoms with E-state index in [-0.39, 0.29) is 15.6 Å². The van der Waals surface area contributed by atoms with Crippen LogP contribution in [-0.2, 0) is 4.89 Å². The van der Waals surface area contributed by atoms with Crippen molar-refractivity contribution in [2.24, 2.45) is 0 Å². The van der Waals surface area contributed by atoms with E-state index in [0.29, 0.717) is 0 Å². The highest BCUT2D eigenvalue weighted by Gasteiger charge is 2.13. The zero-order valence-corrected chi connectivity index (χ0v) is 14.0. The summed E-state index contributed by atoms with van der Waals surface area (Å²) in [7, 11) is 0. The van der Waals surface area contributed by atoms with Gasteiger partial charge in [0.15, 0.2) is 0 Å². The molecule has 3 aromatic rings. The van der Waals surface area contributed by atoms with Crippen LogP contribution in [0.2, 0.25) is 10.0 Å². The predicted octanol–water partition coefficient (Wildman–Crippen LogP) is 5.98. The molecule has 0 saturated heterocycles. The van der Waals surface area contributed by atoms with Gasteiger partial charge in [0, 0.05) is 0 Å². The Bertz CT molecular complexity index is 753. The molecule has 0 aliphatic rings. The third kappa shape index (κ3) is 4.83.